The molecule has 0 spiro atoms. The van der Waals surface area contributed by atoms with Gasteiger partial charge >= 0.3 is 0 Å². The molecule has 1 atom stereocenters. The monoisotopic (exact) mass is 280 g/mol. The minimum atomic E-state index is 0.532. The summed E-state index contributed by atoms with van der Waals surface area (Å²) in [5, 5.41) is 0. The van der Waals surface area contributed by atoms with Gasteiger partial charge in [-0.25, -0.2) is 0 Å². The molecule has 1 aliphatic rings. The molecular formula is C10H17IO. The van der Waals surface area contributed by atoms with Gasteiger partial charge in [0.25, 0.3) is 0 Å². The van der Waals surface area contributed by atoms with Crippen LogP contribution in [0.15, 0.2) is 12.2 Å². The maximum absolute atomic E-state index is 5.73. The first-order chi connectivity index (χ1) is 5.93. The molecule has 2 heteroatoms. The van der Waals surface area contributed by atoms with E-state index < -0.39 is 0 Å². The van der Waals surface area contributed by atoms with E-state index in [4.69, 9.17) is 4.74 Å². The Morgan fingerprint density at radius 2 is 2.08 bits per heavy atom. The molecule has 0 saturated heterocycles. The lowest BCUT2D eigenvalue weighted by molar-refractivity contribution is 0.0524. The van der Waals surface area contributed by atoms with E-state index in [2.05, 4.69) is 34.7 Å². The van der Waals surface area contributed by atoms with Crippen molar-refractivity contribution in [1.29, 1.82) is 0 Å². The standard InChI is InChI=1S/C10H17IO/c11-8-9-12-10-6-4-2-1-3-5-7-10/h1-2,10H,3-9H2/b2-1+. The van der Waals surface area contributed by atoms with Crippen molar-refractivity contribution in [3.05, 3.63) is 12.2 Å². The van der Waals surface area contributed by atoms with E-state index >= 15 is 0 Å². The lowest BCUT2D eigenvalue weighted by Crippen LogP contribution is -2.14. The van der Waals surface area contributed by atoms with Crippen molar-refractivity contribution in [3.63, 3.8) is 0 Å². The summed E-state index contributed by atoms with van der Waals surface area (Å²) in [6.45, 7) is 0.926. The van der Waals surface area contributed by atoms with Crippen LogP contribution in [0.4, 0.5) is 0 Å². The molecule has 1 unspecified atom stereocenters. The number of allylic oxidation sites excluding steroid dienone is 2. The summed E-state index contributed by atoms with van der Waals surface area (Å²) in [7, 11) is 0. The predicted octanol–water partition coefficient (Wildman–Crippen LogP) is 3.33. The first-order valence-electron chi connectivity index (χ1n) is 4.76. The van der Waals surface area contributed by atoms with Crippen LogP contribution in [0.2, 0.25) is 0 Å². The zero-order chi connectivity index (χ0) is 8.65. The van der Waals surface area contributed by atoms with Crippen LogP contribution in [0.1, 0.15) is 32.1 Å². The Kier molecular flexibility index (Phi) is 6.04. The van der Waals surface area contributed by atoms with Crippen LogP contribution in [0.3, 0.4) is 0 Å². The number of rotatable bonds is 3. The van der Waals surface area contributed by atoms with Crippen molar-refractivity contribution >= 4 is 22.6 Å². The summed E-state index contributed by atoms with van der Waals surface area (Å²) in [6, 6.07) is 0. The molecule has 1 aliphatic carbocycles. The third-order valence-electron chi connectivity index (χ3n) is 2.15. The SMILES string of the molecule is ICCOC1CC/C=C/CCC1. The topological polar surface area (TPSA) is 9.23 Å². The Hall–Kier alpha value is 0.430. The van der Waals surface area contributed by atoms with Crippen LogP contribution >= 0.6 is 22.6 Å². The lowest BCUT2D eigenvalue weighted by Gasteiger charge is -2.17. The fraction of sp³-hybridized carbons (Fsp3) is 0.800. The van der Waals surface area contributed by atoms with E-state index in [1.54, 1.807) is 0 Å². The minimum absolute atomic E-state index is 0.532. The normalized spacial score (nSPS) is 27.6. The minimum Gasteiger partial charge on any atom is -0.377 e. The number of hydrogen-bond acceptors (Lipinski definition) is 1. The molecule has 12 heavy (non-hydrogen) atoms. The van der Waals surface area contributed by atoms with Crippen LogP contribution in [0.25, 0.3) is 0 Å². The Balaban J connectivity index is 2.18. The third-order valence-corrected chi connectivity index (χ3v) is 2.59. The maximum atomic E-state index is 5.73. The van der Waals surface area contributed by atoms with Crippen molar-refractivity contribution in [1.82, 2.24) is 0 Å². The second-order valence-corrected chi connectivity index (χ2v) is 4.24. The molecule has 0 fully saturated rings. The highest BCUT2D eigenvalue weighted by Crippen LogP contribution is 2.15. The van der Waals surface area contributed by atoms with E-state index in [1.807, 2.05) is 0 Å². The molecule has 0 aliphatic heterocycles. The fourth-order valence-corrected chi connectivity index (χ4v) is 1.76. The van der Waals surface area contributed by atoms with Crippen molar-refractivity contribution in [2.45, 2.75) is 38.2 Å². The molecule has 0 aromatic heterocycles. The van der Waals surface area contributed by atoms with Crippen molar-refractivity contribution in [2.75, 3.05) is 11.0 Å². The van der Waals surface area contributed by atoms with Gasteiger partial charge in [0.1, 0.15) is 0 Å². The van der Waals surface area contributed by atoms with Crippen molar-refractivity contribution in [2.24, 2.45) is 0 Å². The quantitative estimate of drug-likeness (QED) is 0.438. The van der Waals surface area contributed by atoms with Gasteiger partial charge in [-0.2, -0.15) is 0 Å². The van der Waals surface area contributed by atoms with Crippen LogP contribution in [0.5, 0.6) is 0 Å². The van der Waals surface area contributed by atoms with Gasteiger partial charge in [0.15, 0.2) is 0 Å². The Labute approximate surface area is 88.7 Å². The second kappa shape index (κ2) is 6.89. The summed E-state index contributed by atoms with van der Waals surface area (Å²) < 4.78 is 6.84. The Morgan fingerprint density at radius 3 is 2.92 bits per heavy atom. The molecule has 0 saturated carbocycles. The number of halogens is 1. The van der Waals surface area contributed by atoms with Gasteiger partial charge in [0.05, 0.1) is 12.7 Å². The first kappa shape index (κ1) is 10.5. The zero-order valence-corrected chi connectivity index (χ0v) is 9.63. The molecule has 0 aromatic carbocycles. The first-order valence-corrected chi connectivity index (χ1v) is 6.28. The molecule has 0 bridgehead atoms. The number of ether oxygens (including phenoxy) is 1. The summed E-state index contributed by atoms with van der Waals surface area (Å²) in [6.07, 6.45) is 11.3. The van der Waals surface area contributed by atoms with E-state index in [-0.39, 0.29) is 0 Å². The van der Waals surface area contributed by atoms with Gasteiger partial charge in [-0.3, -0.25) is 0 Å². The largest absolute Gasteiger partial charge is 0.377 e. The smallest absolute Gasteiger partial charge is 0.0578 e. The van der Waals surface area contributed by atoms with Crippen molar-refractivity contribution in [3.8, 4) is 0 Å². The van der Waals surface area contributed by atoms with Crippen LogP contribution in [0, 0.1) is 0 Å². The molecule has 70 valence electrons. The third kappa shape index (κ3) is 4.45. The Bertz CT molecular complexity index is 134. The second-order valence-electron chi connectivity index (χ2n) is 3.16. The van der Waals surface area contributed by atoms with Gasteiger partial charge in [-0.05, 0) is 32.1 Å². The molecule has 1 rings (SSSR count). The summed E-state index contributed by atoms with van der Waals surface area (Å²) >= 11 is 2.36. The fourth-order valence-electron chi connectivity index (χ4n) is 1.50. The highest BCUT2D eigenvalue weighted by molar-refractivity contribution is 14.1. The summed E-state index contributed by atoms with van der Waals surface area (Å²) in [4.78, 5) is 0. The van der Waals surface area contributed by atoms with Crippen molar-refractivity contribution < 1.29 is 4.74 Å². The van der Waals surface area contributed by atoms with Crippen LogP contribution < -0.4 is 0 Å². The van der Waals surface area contributed by atoms with E-state index in [0.29, 0.717) is 6.10 Å². The van der Waals surface area contributed by atoms with E-state index in [0.717, 1.165) is 11.0 Å². The maximum Gasteiger partial charge on any atom is 0.0578 e. The van der Waals surface area contributed by atoms with Gasteiger partial charge in [-0.1, -0.05) is 34.7 Å². The van der Waals surface area contributed by atoms with Gasteiger partial charge < -0.3 is 4.74 Å². The van der Waals surface area contributed by atoms with Crippen LogP contribution in [-0.4, -0.2) is 17.1 Å². The van der Waals surface area contributed by atoms with Gasteiger partial charge in [0.2, 0.25) is 0 Å². The molecule has 0 amide bonds. The molecular weight excluding hydrogens is 263 g/mol. The zero-order valence-electron chi connectivity index (χ0n) is 7.47. The average molecular weight is 280 g/mol. The van der Waals surface area contributed by atoms with Gasteiger partial charge in [-0.15, -0.1) is 0 Å². The highest BCUT2D eigenvalue weighted by Gasteiger charge is 2.08. The number of alkyl halides is 1. The van der Waals surface area contributed by atoms with Crippen LogP contribution in [-0.2, 0) is 4.74 Å². The predicted molar refractivity (Wildman–Crippen MR) is 60.9 cm³/mol. The van der Waals surface area contributed by atoms with Gasteiger partial charge in [0, 0.05) is 4.43 Å². The number of hydrogen-bond donors (Lipinski definition) is 0. The highest BCUT2D eigenvalue weighted by atomic mass is 127. The molecule has 0 heterocycles. The lowest BCUT2D eigenvalue weighted by atomic mass is 10.0. The average Bonchev–Trinajstić information content (AvgIpc) is 2.02. The summed E-state index contributed by atoms with van der Waals surface area (Å²) in [5.74, 6) is 0. The van der Waals surface area contributed by atoms with E-state index in [9.17, 15) is 0 Å². The van der Waals surface area contributed by atoms with E-state index in [1.165, 1.54) is 32.1 Å². The molecule has 0 aromatic rings. The molecule has 0 radical (unpaired) electrons. The molecule has 1 nitrogen and oxygen atoms in total. The molecule has 0 N–H and O–H groups in total. The summed E-state index contributed by atoms with van der Waals surface area (Å²) in [5.41, 5.74) is 0. The Morgan fingerprint density at radius 1 is 1.25 bits per heavy atom.